The van der Waals surface area contributed by atoms with Gasteiger partial charge >= 0.3 is 5.97 Å². The predicted octanol–water partition coefficient (Wildman–Crippen LogP) is 4.13. The zero-order chi connectivity index (χ0) is 20.2. The summed E-state index contributed by atoms with van der Waals surface area (Å²) in [7, 11) is 0. The average Bonchev–Trinajstić information content (AvgIpc) is 3.25. The van der Waals surface area contributed by atoms with Crippen molar-refractivity contribution in [3.8, 4) is 11.3 Å². The molecule has 29 heavy (non-hydrogen) atoms. The van der Waals surface area contributed by atoms with Gasteiger partial charge < -0.3 is 14.5 Å². The van der Waals surface area contributed by atoms with E-state index >= 15 is 0 Å². The van der Waals surface area contributed by atoms with Crippen LogP contribution >= 0.6 is 0 Å². The maximum Gasteiger partial charge on any atom is 0.335 e. The number of hydrogen-bond donors (Lipinski definition) is 1. The smallest absolute Gasteiger partial charge is 0.335 e. The van der Waals surface area contributed by atoms with Crippen molar-refractivity contribution in [2.24, 2.45) is 5.92 Å². The van der Waals surface area contributed by atoms with Gasteiger partial charge in [-0.1, -0.05) is 53.7 Å². The third kappa shape index (κ3) is 4.21. The van der Waals surface area contributed by atoms with Gasteiger partial charge in [-0.15, -0.1) is 0 Å². The Morgan fingerprint density at radius 3 is 2.45 bits per heavy atom. The normalized spacial score (nSPS) is 14.7. The van der Waals surface area contributed by atoms with E-state index in [4.69, 9.17) is 4.52 Å². The Hall–Kier alpha value is -3.41. The van der Waals surface area contributed by atoms with Gasteiger partial charge in [0.25, 0.3) is 5.91 Å². The Kier molecular flexibility index (Phi) is 5.42. The molecule has 0 spiro atoms. The number of hydrogen-bond acceptors (Lipinski definition) is 4. The molecule has 1 fully saturated rings. The molecule has 1 aliphatic heterocycles. The van der Waals surface area contributed by atoms with Crippen molar-refractivity contribution >= 4 is 11.9 Å². The van der Waals surface area contributed by atoms with E-state index in [-0.39, 0.29) is 5.91 Å². The molecular formula is C23H22N2O4. The molecule has 1 aromatic heterocycles. The van der Waals surface area contributed by atoms with Gasteiger partial charge in [0, 0.05) is 24.7 Å². The highest BCUT2D eigenvalue weighted by Crippen LogP contribution is 2.25. The van der Waals surface area contributed by atoms with Gasteiger partial charge in [0.1, 0.15) is 0 Å². The first-order chi connectivity index (χ1) is 14.1. The highest BCUT2D eigenvalue weighted by atomic mass is 16.5. The molecule has 0 atom stereocenters. The molecule has 6 heteroatoms. The van der Waals surface area contributed by atoms with Crippen LogP contribution in [0.4, 0.5) is 0 Å². The number of benzene rings is 2. The topological polar surface area (TPSA) is 83.6 Å². The Morgan fingerprint density at radius 1 is 1.03 bits per heavy atom. The van der Waals surface area contributed by atoms with Crippen molar-refractivity contribution in [1.82, 2.24) is 10.1 Å². The molecule has 1 aliphatic rings. The summed E-state index contributed by atoms with van der Waals surface area (Å²) in [6, 6.07) is 18.4. The maximum absolute atomic E-state index is 12.8. The molecular weight excluding hydrogens is 368 g/mol. The Balaban J connectivity index is 1.37. The fourth-order valence-corrected chi connectivity index (χ4v) is 3.83. The zero-order valence-electron chi connectivity index (χ0n) is 16.0. The van der Waals surface area contributed by atoms with Crippen molar-refractivity contribution in [1.29, 1.82) is 0 Å². The first-order valence-corrected chi connectivity index (χ1v) is 9.74. The van der Waals surface area contributed by atoms with Crippen LogP contribution in [0.5, 0.6) is 0 Å². The lowest BCUT2D eigenvalue weighted by atomic mass is 9.88. The lowest BCUT2D eigenvalue weighted by Gasteiger charge is -2.31. The molecule has 0 aliphatic carbocycles. The predicted molar refractivity (Wildman–Crippen MR) is 108 cm³/mol. The summed E-state index contributed by atoms with van der Waals surface area (Å²) in [4.78, 5) is 26.0. The fraction of sp³-hybridized carbons (Fsp3) is 0.261. The minimum atomic E-state index is -0.895. The summed E-state index contributed by atoms with van der Waals surface area (Å²) in [5.41, 5.74) is 2.42. The van der Waals surface area contributed by atoms with Crippen LogP contribution in [0.15, 0.2) is 65.2 Å². The number of aromatic nitrogens is 1. The van der Waals surface area contributed by atoms with Crippen LogP contribution in [-0.2, 0) is 6.42 Å². The molecule has 1 N–H and O–H groups in total. The van der Waals surface area contributed by atoms with Gasteiger partial charge in [0.05, 0.1) is 5.56 Å². The Labute approximate surface area is 168 Å². The van der Waals surface area contributed by atoms with Crippen LogP contribution in [0.3, 0.4) is 0 Å². The fourth-order valence-electron chi connectivity index (χ4n) is 3.83. The van der Waals surface area contributed by atoms with Crippen LogP contribution in [0.2, 0.25) is 0 Å². The molecule has 2 aromatic carbocycles. The van der Waals surface area contributed by atoms with Crippen LogP contribution in [0.1, 0.15) is 39.3 Å². The van der Waals surface area contributed by atoms with E-state index in [1.54, 1.807) is 23.1 Å². The van der Waals surface area contributed by atoms with Gasteiger partial charge in [-0.05, 0) is 36.8 Å². The summed E-state index contributed by atoms with van der Waals surface area (Å²) in [6.07, 6.45) is 2.39. The molecule has 148 valence electrons. The molecule has 3 aromatic rings. The number of carboxylic acids is 1. The van der Waals surface area contributed by atoms with Crippen molar-refractivity contribution in [2.45, 2.75) is 19.3 Å². The molecule has 0 radical (unpaired) electrons. The van der Waals surface area contributed by atoms with E-state index in [0.717, 1.165) is 24.0 Å². The van der Waals surface area contributed by atoms with Crippen LogP contribution < -0.4 is 0 Å². The quantitative estimate of drug-likeness (QED) is 0.708. The summed E-state index contributed by atoms with van der Waals surface area (Å²) >= 11 is 0. The second-order valence-electron chi connectivity index (χ2n) is 7.34. The number of amides is 1. The van der Waals surface area contributed by atoms with Crippen LogP contribution in [0.25, 0.3) is 11.3 Å². The number of carboxylic acid groups (broad SMARTS) is 1. The summed E-state index contributed by atoms with van der Waals surface area (Å²) < 4.78 is 5.35. The van der Waals surface area contributed by atoms with Gasteiger partial charge in [0.2, 0.25) is 0 Å². The van der Waals surface area contributed by atoms with Gasteiger partial charge in [-0.3, -0.25) is 4.79 Å². The highest BCUT2D eigenvalue weighted by Gasteiger charge is 2.26. The summed E-state index contributed by atoms with van der Waals surface area (Å²) in [6.45, 7) is 1.26. The third-order valence-corrected chi connectivity index (χ3v) is 5.45. The van der Waals surface area contributed by atoms with E-state index in [0.29, 0.717) is 42.4 Å². The van der Waals surface area contributed by atoms with E-state index in [1.807, 2.05) is 42.5 Å². The highest BCUT2D eigenvalue weighted by molar-refractivity contribution is 5.93. The molecule has 0 bridgehead atoms. The maximum atomic E-state index is 12.8. The number of carbonyl (C=O) groups is 2. The molecule has 2 heterocycles. The van der Waals surface area contributed by atoms with E-state index in [1.165, 1.54) is 0 Å². The number of aromatic carboxylic acids is 1. The second kappa shape index (κ2) is 8.31. The lowest BCUT2D eigenvalue weighted by Crippen LogP contribution is -2.39. The first-order valence-electron chi connectivity index (χ1n) is 9.74. The molecule has 0 saturated carbocycles. The van der Waals surface area contributed by atoms with Crippen molar-refractivity contribution in [3.05, 3.63) is 77.5 Å². The molecule has 6 nitrogen and oxygen atoms in total. The average molecular weight is 390 g/mol. The van der Waals surface area contributed by atoms with Gasteiger partial charge in [-0.25, -0.2) is 4.79 Å². The van der Waals surface area contributed by atoms with Crippen molar-refractivity contribution in [3.63, 3.8) is 0 Å². The third-order valence-electron chi connectivity index (χ3n) is 5.45. The number of nitrogens with zero attached hydrogens (tertiary/aromatic N) is 2. The van der Waals surface area contributed by atoms with Crippen molar-refractivity contribution in [2.75, 3.05) is 13.1 Å². The Morgan fingerprint density at radius 2 is 1.72 bits per heavy atom. The van der Waals surface area contributed by atoms with E-state index < -0.39 is 5.97 Å². The van der Waals surface area contributed by atoms with Gasteiger partial charge in [0.15, 0.2) is 11.5 Å². The SMILES string of the molecule is O=C(O)c1ccccc1CC1CCN(C(=O)c2cc(-c3ccccc3)on2)CC1. The number of likely N-dealkylation sites (tertiary alicyclic amines) is 1. The second-order valence-corrected chi connectivity index (χ2v) is 7.34. The first kappa shape index (κ1) is 18.9. The number of piperidine rings is 1. The van der Waals surface area contributed by atoms with Gasteiger partial charge in [-0.2, -0.15) is 0 Å². The van der Waals surface area contributed by atoms with Crippen LogP contribution in [-0.4, -0.2) is 40.1 Å². The largest absolute Gasteiger partial charge is 0.478 e. The lowest BCUT2D eigenvalue weighted by molar-refractivity contribution is 0.0680. The molecule has 1 amide bonds. The monoisotopic (exact) mass is 390 g/mol. The molecule has 0 unspecified atom stereocenters. The minimum absolute atomic E-state index is 0.125. The number of carbonyl (C=O) groups excluding carboxylic acids is 1. The summed E-state index contributed by atoms with van der Waals surface area (Å²) in [5.74, 6) is -0.0837. The summed E-state index contributed by atoms with van der Waals surface area (Å²) in [5, 5.41) is 13.3. The van der Waals surface area contributed by atoms with Crippen molar-refractivity contribution < 1.29 is 19.2 Å². The molecule has 4 rings (SSSR count). The standard InChI is InChI=1S/C23H22N2O4/c26-22(20-15-21(29-24-20)17-6-2-1-3-7-17)25-12-10-16(11-13-25)14-18-8-4-5-9-19(18)23(27)28/h1-9,15-16H,10-14H2,(H,27,28). The Bertz CT molecular complexity index is 1000. The molecule has 1 saturated heterocycles. The number of rotatable bonds is 5. The van der Waals surface area contributed by atoms with E-state index in [9.17, 15) is 14.7 Å². The van der Waals surface area contributed by atoms with E-state index in [2.05, 4.69) is 5.16 Å². The van der Waals surface area contributed by atoms with Crippen LogP contribution in [0, 0.1) is 5.92 Å². The zero-order valence-corrected chi connectivity index (χ0v) is 16.0. The minimum Gasteiger partial charge on any atom is -0.478 e.